The fourth-order valence-corrected chi connectivity index (χ4v) is 3.40. The zero-order valence-electron chi connectivity index (χ0n) is 12.9. The average Bonchev–Trinajstić information content (AvgIpc) is 2.97. The highest BCUT2D eigenvalue weighted by molar-refractivity contribution is 8.14. The van der Waals surface area contributed by atoms with Gasteiger partial charge in [0.15, 0.2) is 5.17 Å². The average molecular weight is 305 g/mol. The zero-order chi connectivity index (χ0) is 15.2. The highest BCUT2D eigenvalue weighted by atomic mass is 32.2. The van der Waals surface area contributed by atoms with E-state index in [9.17, 15) is 4.79 Å². The van der Waals surface area contributed by atoms with Crippen LogP contribution in [0.1, 0.15) is 32.4 Å². The van der Waals surface area contributed by atoms with E-state index >= 15 is 0 Å². The summed E-state index contributed by atoms with van der Waals surface area (Å²) in [6.45, 7) is 7.39. The second-order valence-corrected chi connectivity index (χ2v) is 6.06. The second-order valence-electron chi connectivity index (χ2n) is 5.05. The van der Waals surface area contributed by atoms with E-state index in [2.05, 4.69) is 22.4 Å². The lowest BCUT2D eigenvalue weighted by Gasteiger charge is -2.23. The number of benzene rings is 1. The van der Waals surface area contributed by atoms with Gasteiger partial charge >= 0.3 is 0 Å². The van der Waals surface area contributed by atoms with Gasteiger partial charge in [0, 0.05) is 18.8 Å². The first-order chi connectivity index (χ1) is 10.2. The third-order valence-electron chi connectivity index (χ3n) is 3.62. The molecule has 1 amide bonds. The smallest absolute Gasteiger partial charge is 0.244 e. The van der Waals surface area contributed by atoms with Gasteiger partial charge in [-0.2, -0.15) is 0 Å². The largest absolute Gasteiger partial charge is 0.353 e. The van der Waals surface area contributed by atoms with Crippen LogP contribution >= 0.6 is 11.8 Å². The summed E-state index contributed by atoms with van der Waals surface area (Å²) >= 11 is 1.69. The van der Waals surface area contributed by atoms with E-state index in [0.29, 0.717) is 0 Å². The Morgan fingerprint density at radius 3 is 2.67 bits per heavy atom. The molecule has 0 spiro atoms. The highest BCUT2D eigenvalue weighted by Crippen LogP contribution is 2.29. The minimum absolute atomic E-state index is 0.131. The molecule has 1 aliphatic heterocycles. The third kappa shape index (κ3) is 4.00. The van der Waals surface area contributed by atoms with E-state index in [1.807, 2.05) is 43.9 Å². The molecule has 5 heteroatoms. The molecular weight excluding hydrogens is 282 g/mol. The van der Waals surface area contributed by atoms with Gasteiger partial charge in [0.05, 0.1) is 6.04 Å². The first-order valence-corrected chi connectivity index (χ1v) is 8.45. The van der Waals surface area contributed by atoms with Crippen molar-refractivity contribution in [1.29, 1.82) is 0 Å². The Balaban J connectivity index is 1.96. The van der Waals surface area contributed by atoms with Crippen molar-refractivity contribution in [3.63, 3.8) is 0 Å². The number of nitrogens with zero attached hydrogens (tertiary/aromatic N) is 2. The van der Waals surface area contributed by atoms with Crippen LogP contribution in [0.2, 0.25) is 0 Å². The summed E-state index contributed by atoms with van der Waals surface area (Å²) in [5, 5.41) is 4.12. The molecule has 0 aliphatic carbocycles. The lowest BCUT2D eigenvalue weighted by atomic mass is 10.1. The van der Waals surface area contributed by atoms with Crippen molar-refractivity contribution >= 4 is 22.8 Å². The molecule has 0 saturated heterocycles. The molecule has 21 heavy (non-hydrogen) atoms. The number of aliphatic imine (C=N–C) groups is 1. The Labute approximate surface area is 131 Å². The summed E-state index contributed by atoms with van der Waals surface area (Å²) in [5.74, 6) is 1.06. The van der Waals surface area contributed by atoms with Crippen molar-refractivity contribution in [1.82, 2.24) is 10.2 Å². The number of hydrogen-bond acceptors (Lipinski definition) is 4. The molecule has 1 aromatic carbocycles. The van der Waals surface area contributed by atoms with Gasteiger partial charge in [0.1, 0.15) is 6.04 Å². The van der Waals surface area contributed by atoms with Crippen LogP contribution in [0.3, 0.4) is 0 Å². The summed E-state index contributed by atoms with van der Waals surface area (Å²) in [6, 6.07) is 10.2. The SMILES string of the molecule is CCN(CC)C(=O)C(C)NC1=NC(c2ccccc2)CS1. The fraction of sp³-hybridized carbons (Fsp3) is 0.500. The van der Waals surface area contributed by atoms with Crippen molar-refractivity contribution in [3.8, 4) is 0 Å². The molecule has 1 aliphatic rings. The van der Waals surface area contributed by atoms with Gasteiger partial charge in [0.25, 0.3) is 0 Å². The van der Waals surface area contributed by atoms with Gasteiger partial charge < -0.3 is 10.2 Å². The number of rotatable bonds is 5. The molecule has 114 valence electrons. The van der Waals surface area contributed by atoms with E-state index in [1.54, 1.807) is 11.8 Å². The van der Waals surface area contributed by atoms with E-state index in [1.165, 1.54) is 5.56 Å². The van der Waals surface area contributed by atoms with E-state index in [4.69, 9.17) is 0 Å². The van der Waals surface area contributed by atoms with Gasteiger partial charge in [-0.05, 0) is 26.3 Å². The molecule has 0 aromatic heterocycles. The van der Waals surface area contributed by atoms with Crippen molar-refractivity contribution < 1.29 is 4.79 Å². The molecule has 0 saturated carbocycles. The van der Waals surface area contributed by atoms with E-state index < -0.39 is 0 Å². The minimum Gasteiger partial charge on any atom is -0.353 e. The van der Waals surface area contributed by atoms with Crippen LogP contribution in [-0.2, 0) is 4.79 Å². The summed E-state index contributed by atoms with van der Waals surface area (Å²) in [6.07, 6.45) is 0. The standard InChI is InChI=1S/C16H23N3OS/c1-4-19(5-2)15(20)12(3)17-16-18-14(11-21-16)13-9-7-6-8-10-13/h6-10,12,14H,4-5,11H2,1-3H3,(H,17,18). The van der Waals surface area contributed by atoms with Crippen LogP contribution < -0.4 is 5.32 Å². The Morgan fingerprint density at radius 1 is 1.38 bits per heavy atom. The van der Waals surface area contributed by atoms with Gasteiger partial charge in [-0.1, -0.05) is 42.1 Å². The monoisotopic (exact) mass is 305 g/mol. The number of thioether (sulfide) groups is 1. The molecule has 0 bridgehead atoms. The first kappa shape index (κ1) is 15.9. The van der Waals surface area contributed by atoms with Crippen LogP contribution in [0.25, 0.3) is 0 Å². The zero-order valence-corrected chi connectivity index (χ0v) is 13.7. The molecule has 2 atom stereocenters. The summed E-state index contributed by atoms with van der Waals surface area (Å²) < 4.78 is 0. The van der Waals surface area contributed by atoms with E-state index in [-0.39, 0.29) is 18.0 Å². The van der Waals surface area contributed by atoms with Gasteiger partial charge in [-0.25, -0.2) is 0 Å². The van der Waals surface area contributed by atoms with Crippen LogP contribution in [-0.4, -0.2) is 40.9 Å². The lowest BCUT2D eigenvalue weighted by molar-refractivity contribution is -0.132. The van der Waals surface area contributed by atoms with Gasteiger partial charge in [-0.15, -0.1) is 0 Å². The number of likely N-dealkylation sites (N-methyl/N-ethyl adjacent to an activating group) is 1. The third-order valence-corrected chi connectivity index (χ3v) is 4.60. The maximum absolute atomic E-state index is 12.2. The molecule has 1 heterocycles. The van der Waals surface area contributed by atoms with Gasteiger partial charge in [-0.3, -0.25) is 9.79 Å². The molecule has 4 nitrogen and oxygen atoms in total. The fourth-order valence-electron chi connectivity index (χ4n) is 2.35. The van der Waals surface area contributed by atoms with Crippen molar-refractivity contribution in [2.24, 2.45) is 4.99 Å². The number of nitrogens with one attached hydrogen (secondary N) is 1. The second kappa shape index (κ2) is 7.50. The lowest BCUT2D eigenvalue weighted by Crippen LogP contribution is -2.46. The maximum atomic E-state index is 12.2. The molecular formula is C16H23N3OS. The maximum Gasteiger partial charge on any atom is 0.244 e. The number of amides is 1. The summed E-state index contributed by atoms with van der Waals surface area (Å²) in [4.78, 5) is 18.8. The van der Waals surface area contributed by atoms with Gasteiger partial charge in [0.2, 0.25) is 5.91 Å². The van der Waals surface area contributed by atoms with E-state index in [0.717, 1.165) is 24.0 Å². The Bertz CT molecular complexity index is 500. The molecule has 0 fully saturated rings. The number of hydrogen-bond donors (Lipinski definition) is 1. The highest BCUT2D eigenvalue weighted by Gasteiger charge is 2.24. The summed E-state index contributed by atoms with van der Waals surface area (Å²) in [7, 11) is 0. The molecule has 2 rings (SSSR count). The number of carbonyl (C=O) groups is 1. The Kier molecular flexibility index (Phi) is 5.67. The van der Waals surface area contributed by atoms with Crippen molar-refractivity contribution in [2.75, 3.05) is 18.8 Å². The van der Waals surface area contributed by atoms with Crippen LogP contribution in [0.5, 0.6) is 0 Å². The summed E-state index contributed by atoms with van der Waals surface area (Å²) in [5.41, 5.74) is 1.23. The molecule has 1 aromatic rings. The molecule has 1 N–H and O–H groups in total. The molecule has 2 unspecified atom stereocenters. The number of amidine groups is 1. The topological polar surface area (TPSA) is 44.7 Å². The normalized spacial score (nSPS) is 19.0. The molecule has 0 radical (unpaired) electrons. The minimum atomic E-state index is -0.231. The Morgan fingerprint density at radius 2 is 2.05 bits per heavy atom. The van der Waals surface area contributed by atoms with Crippen LogP contribution in [0.15, 0.2) is 35.3 Å². The Hall–Kier alpha value is -1.49. The number of carbonyl (C=O) groups excluding carboxylic acids is 1. The first-order valence-electron chi connectivity index (χ1n) is 7.46. The predicted octanol–water partition coefficient (Wildman–Crippen LogP) is 2.68. The van der Waals surface area contributed by atoms with Crippen molar-refractivity contribution in [3.05, 3.63) is 35.9 Å². The predicted molar refractivity (Wildman–Crippen MR) is 89.6 cm³/mol. The van der Waals surface area contributed by atoms with Crippen molar-refractivity contribution in [2.45, 2.75) is 32.9 Å². The van der Waals surface area contributed by atoms with Crippen LogP contribution in [0.4, 0.5) is 0 Å². The quantitative estimate of drug-likeness (QED) is 0.909. The van der Waals surface area contributed by atoms with Crippen LogP contribution in [0, 0.1) is 0 Å².